The molecule has 5 heteroatoms. The molecular formula is C19H26N4O. The Labute approximate surface area is 143 Å². The minimum absolute atomic E-state index is 0.236. The molecule has 1 saturated heterocycles. The number of rotatable bonds is 5. The fourth-order valence-electron chi connectivity index (χ4n) is 3.32. The number of amides is 1. The number of carbonyl (C=O) groups is 1. The van der Waals surface area contributed by atoms with Crippen molar-refractivity contribution in [3.05, 3.63) is 53.3 Å². The van der Waals surface area contributed by atoms with E-state index < -0.39 is 0 Å². The van der Waals surface area contributed by atoms with Crippen LogP contribution >= 0.6 is 0 Å². The highest BCUT2D eigenvalue weighted by Crippen LogP contribution is 2.17. The van der Waals surface area contributed by atoms with Gasteiger partial charge in [0.1, 0.15) is 0 Å². The van der Waals surface area contributed by atoms with Crippen molar-refractivity contribution in [1.29, 1.82) is 0 Å². The zero-order valence-corrected chi connectivity index (χ0v) is 14.5. The maximum atomic E-state index is 12.5. The van der Waals surface area contributed by atoms with Gasteiger partial charge in [0, 0.05) is 44.3 Å². The van der Waals surface area contributed by atoms with E-state index in [-0.39, 0.29) is 11.9 Å². The van der Waals surface area contributed by atoms with E-state index in [0.29, 0.717) is 6.42 Å². The SMILES string of the molecule is Cc1cc(C)n(CCCC(=O)N2CCNC(c3ccccc3)C2)n1. The van der Waals surface area contributed by atoms with Crippen LogP contribution in [0.4, 0.5) is 0 Å². The van der Waals surface area contributed by atoms with Gasteiger partial charge >= 0.3 is 0 Å². The quantitative estimate of drug-likeness (QED) is 0.918. The summed E-state index contributed by atoms with van der Waals surface area (Å²) in [6.45, 7) is 7.26. The molecule has 0 spiro atoms. The standard InChI is InChI=1S/C19H26N4O/c1-15-13-16(2)23(21-15)11-6-9-19(24)22-12-10-20-18(14-22)17-7-4-3-5-8-17/h3-5,7-8,13,18,20H,6,9-12,14H2,1-2H3. The zero-order chi connectivity index (χ0) is 16.9. The highest BCUT2D eigenvalue weighted by Gasteiger charge is 2.23. The lowest BCUT2D eigenvalue weighted by atomic mass is 10.0. The Morgan fingerprint density at radius 1 is 1.29 bits per heavy atom. The molecule has 0 aliphatic carbocycles. The fourth-order valence-corrected chi connectivity index (χ4v) is 3.32. The van der Waals surface area contributed by atoms with Crippen LogP contribution in [-0.2, 0) is 11.3 Å². The van der Waals surface area contributed by atoms with E-state index in [1.54, 1.807) is 0 Å². The van der Waals surface area contributed by atoms with E-state index >= 15 is 0 Å². The van der Waals surface area contributed by atoms with Crippen LogP contribution in [-0.4, -0.2) is 40.2 Å². The number of nitrogens with zero attached hydrogens (tertiary/aromatic N) is 3. The molecule has 1 aliphatic rings. The topological polar surface area (TPSA) is 50.2 Å². The van der Waals surface area contributed by atoms with Gasteiger partial charge in [0.25, 0.3) is 0 Å². The lowest BCUT2D eigenvalue weighted by Crippen LogP contribution is -2.48. The first-order chi connectivity index (χ1) is 11.6. The van der Waals surface area contributed by atoms with Gasteiger partial charge in [0.05, 0.1) is 5.69 Å². The maximum Gasteiger partial charge on any atom is 0.222 e. The normalized spacial score (nSPS) is 17.9. The van der Waals surface area contributed by atoms with Crippen molar-refractivity contribution in [2.45, 2.75) is 39.3 Å². The molecule has 1 atom stereocenters. The molecule has 1 fully saturated rings. The summed E-state index contributed by atoms with van der Waals surface area (Å²) in [4.78, 5) is 14.5. The number of nitrogens with one attached hydrogen (secondary N) is 1. The largest absolute Gasteiger partial charge is 0.340 e. The third-order valence-corrected chi connectivity index (χ3v) is 4.59. The molecule has 3 rings (SSSR count). The van der Waals surface area contributed by atoms with Gasteiger partial charge in [-0.1, -0.05) is 30.3 Å². The Hall–Kier alpha value is -2.14. The summed E-state index contributed by atoms with van der Waals surface area (Å²) in [7, 11) is 0. The molecule has 128 valence electrons. The molecule has 5 nitrogen and oxygen atoms in total. The summed E-state index contributed by atoms with van der Waals surface area (Å²) < 4.78 is 1.99. The van der Waals surface area contributed by atoms with Gasteiger partial charge in [-0.2, -0.15) is 5.10 Å². The van der Waals surface area contributed by atoms with Crippen LogP contribution < -0.4 is 5.32 Å². The molecule has 0 bridgehead atoms. The molecule has 1 N–H and O–H groups in total. The van der Waals surface area contributed by atoms with Gasteiger partial charge < -0.3 is 10.2 Å². The Balaban J connectivity index is 1.50. The van der Waals surface area contributed by atoms with Crippen LogP contribution in [0.15, 0.2) is 36.4 Å². The summed E-state index contributed by atoms with van der Waals surface area (Å²) in [6, 6.07) is 12.7. The zero-order valence-electron chi connectivity index (χ0n) is 14.5. The molecule has 0 radical (unpaired) electrons. The number of hydrogen-bond donors (Lipinski definition) is 1. The molecule has 1 aliphatic heterocycles. The number of benzene rings is 1. The first kappa shape index (κ1) is 16.7. The Morgan fingerprint density at radius 3 is 2.79 bits per heavy atom. The van der Waals surface area contributed by atoms with Gasteiger partial charge in [-0.25, -0.2) is 0 Å². The molecule has 2 aromatic rings. The monoisotopic (exact) mass is 326 g/mol. The number of carbonyl (C=O) groups excluding carboxylic acids is 1. The van der Waals surface area contributed by atoms with Crippen molar-refractivity contribution in [1.82, 2.24) is 20.0 Å². The minimum atomic E-state index is 0.236. The average molecular weight is 326 g/mol. The summed E-state index contributed by atoms with van der Waals surface area (Å²) in [6.07, 6.45) is 1.42. The van der Waals surface area contributed by atoms with E-state index in [0.717, 1.165) is 44.0 Å². The average Bonchev–Trinajstić information content (AvgIpc) is 2.93. The summed E-state index contributed by atoms with van der Waals surface area (Å²) in [5, 5.41) is 7.96. The van der Waals surface area contributed by atoms with Gasteiger partial charge in [-0.15, -0.1) is 0 Å². The third-order valence-electron chi connectivity index (χ3n) is 4.59. The van der Waals surface area contributed by atoms with Crippen LogP contribution in [0.25, 0.3) is 0 Å². The van der Waals surface area contributed by atoms with Gasteiger partial charge in [-0.3, -0.25) is 9.48 Å². The van der Waals surface area contributed by atoms with Gasteiger partial charge in [0.2, 0.25) is 5.91 Å². The van der Waals surface area contributed by atoms with E-state index in [4.69, 9.17) is 0 Å². The number of aromatic nitrogens is 2. The Kier molecular flexibility index (Phi) is 5.30. The van der Waals surface area contributed by atoms with E-state index in [1.165, 1.54) is 5.56 Å². The van der Waals surface area contributed by atoms with Crippen molar-refractivity contribution in [2.24, 2.45) is 0 Å². The van der Waals surface area contributed by atoms with Gasteiger partial charge in [0.15, 0.2) is 0 Å². The van der Waals surface area contributed by atoms with E-state index in [9.17, 15) is 4.79 Å². The first-order valence-electron chi connectivity index (χ1n) is 8.70. The van der Waals surface area contributed by atoms with E-state index in [1.807, 2.05) is 34.7 Å². The molecule has 0 saturated carbocycles. The predicted molar refractivity (Wildman–Crippen MR) is 94.7 cm³/mol. The van der Waals surface area contributed by atoms with Gasteiger partial charge in [-0.05, 0) is 31.9 Å². The highest BCUT2D eigenvalue weighted by atomic mass is 16.2. The molecule has 1 aromatic heterocycles. The van der Waals surface area contributed by atoms with Crippen molar-refractivity contribution < 1.29 is 4.79 Å². The van der Waals surface area contributed by atoms with Crippen molar-refractivity contribution in [2.75, 3.05) is 19.6 Å². The van der Waals surface area contributed by atoms with Crippen molar-refractivity contribution in [3.63, 3.8) is 0 Å². The Morgan fingerprint density at radius 2 is 2.08 bits per heavy atom. The van der Waals surface area contributed by atoms with Crippen LogP contribution in [0, 0.1) is 13.8 Å². The molecule has 1 aromatic carbocycles. The second-order valence-electron chi connectivity index (χ2n) is 6.51. The number of piperazine rings is 1. The predicted octanol–water partition coefficient (Wildman–Crippen LogP) is 2.45. The fraction of sp³-hybridized carbons (Fsp3) is 0.474. The molecule has 2 heterocycles. The highest BCUT2D eigenvalue weighted by molar-refractivity contribution is 5.76. The molecule has 1 unspecified atom stereocenters. The smallest absolute Gasteiger partial charge is 0.222 e. The first-order valence-corrected chi connectivity index (χ1v) is 8.70. The second kappa shape index (κ2) is 7.62. The summed E-state index contributed by atoms with van der Waals surface area (Å²) in [5.41, 5.74) is 3.44. The van der Waals surface area contributed by atoms with Crippen molar-refractivity contribution >= 4 is 5.91 Å². The van der Waals surface area contributed by atoms with Crippen LogP contribution in [0.3, 0.4) is 0 Å². The van der Waals surface area contributed by atoms with Crippen LogP contribution in [0.1, 0.15) is 35.8 Å². The summed E-state index contributed by atoms with van der Waals surface area (Å²) >= 11 is 0. The lowest BCUT2D eigenvalue weighted by Gasteiger charge is -2.34. The number of hydrogen-bond acceptors (Lipinski definition) is 3. The van der Waals surface area contributed by atoms with Crippen LogP contribution in [0.2, 0.25) is 0 Å². The molecule has 1 amide bonds. The van der Waals surface area contributed by atoms with Crippen LogP contribution in [0.5, 0.6) is 0 Å². The Bertz CT molecular complexity index is 680. The van der Waals surface area contributed by atoms with E-state index in [2.05, 4.69) is 35.5 Å². The van der Waals surface area contributed by atoms with Crippen molar-refractivity contribution in [3.8, 4) is 0 Å². The second-order valence-corrected chi connectivity index (χ2v) is 6.51. The maximum absolute atomic E-state index is 12.5. The molecular weight excluding hydrogens is 300 g/mol. The minimum Gasteiger partial charge on any atom is -0.340 e. The summed E-state index contributed by atoms with van der Waals surface area (Å²) in [5.74, 6) is 0.249. The molecule has 24 heavy (non-hydrogen) atoms. The number of aryl methyl sites for hydroxylation is 3. The lowest BCUT2D eigenvalue weighted by molar-refractivity contribution is -0.132. The third kappa shape index (κ3) is 4.03.